The molecule has 0 radical (unpaired) electrons. The number of hydrogen-bond donors (Lipinski definition) is 2. The number of benzene rings is 1. The molecule has 0 aliphatic rings. The molecule has 0 saturated carbocycles. The molecule has 0 atom stereocenters. The van der Waals surface area contributed by atoms with Crippen LogP contribution in [0.4, 0.5) is 5.69 Å². The lowest BCUT2D eigenvalue weighted by atomic mass is 10.2. The van der Waals surface area contributed by atoms with E-state index in [-0.39, 0.29) is 0 Å². The first-order chi connectivity index (χ1) is 5.20. The van der Waals surface area contributed by atoms with Crippen LogP contribution in [0, 0.1) is 18.4 Å². The Bertz CT molecular complexity index is 233. The fourth-order valence-corrected chi connectivity index (χ4v) is 0.670. The van der Waals surface area contributed by atoms with Gasteiger partial charge in [0, 0.05) is 5.69 Å². The summed E-state index contributed by atoms with van der Waals surface area (Å²) in [6.07, 6.45) is 1.25. The van der Waals surface area contributed by atoms with Crippen LogP contribution in [-0.4, -0.2) is 0 Å². The molecule has 0 aromatic heterocycles. The van der Waals surface area contributed by atoms with E-state index in [1.165, 1.54) is 11.8 Å². The van der Waals surface area contributed by atoms with Gasteiger partial charge in [0.15, 0.2) is 6.19 Å². The number of rotatable bonds is 0. The van der Waals surface area contributed by atoms with E-state index in [0.717, 1.165) is 5.69 Å². The minimum atomic E-state index is 0.838. The second-order valence-electron chi connectivity index (χ2n) is 2.04. The van der Waals surface area contributed by atoms with Gasteiger partial charge in [-0.3, -0.25) is 0 Å². The molecule has 0 spiro atoms. The van der Waals surface area contributed by atoms with Crippen LogP contribution < -0.4 is 11.5 Å². The highest BCUT2D eigenvalue weighted by Crippen LogP contribution is 2.03. The van der Waals surface area contributed by atoms with Crippen LogP contribution in [0.25, 0.3) is 0 Å². The molecule has 3 nitrogen and oxygen atoms in total. The van der Waals surface area contributed by atoms with Crippen molar-refractivity contribution >= 4 is 5.69 Å². The second-order valence-corrected chi connectivity index (χ2v) is 2.04. The maximum Gasteiger partial charge on any atom is 0.173 e. The Labute approximate surface area is 66.2 Å². The van der Waals surface area contributed by atoms with Gasteiger partial charge in [-0.05, 0) is 24.6 Å². The number of nitrogens with zero attached hydrogens (tertiary/aromatic N) is 1. The fraction of sp³-hybridized carbons (Fsp3) is 0.125. The third-order valence-corrected chi connectivity index (χ3v) is 1.04. The maximum atomic E-state index is 7.10. The van der Waals surface area contributed by atoms with Crippen LogP contribution in [0.2, 0.25) is 0 Å². The zero-order chi connectivity index (χ0) is 8.69. The second kappa shape index (κ2) is 5.12. The zero-order valence-corrected chi connectivity index (χ0v) is 6.41. The van der Waals surface area contributed by atoms with Crippen molar-refractivity contribution in [2.24, 2.45) is 5.73 Å². The Morgan fingerprint density at radius 2 is 2.00 bits per heavy atom. The molecule has 0 heterocycles. The topological polar surface area (TPSA) is 75.8 Å². The largest absolute Gasteiger partial charge is 0.399 e. The average Bonchev–Trinajstić information content (AvgIpc) is 1.88. The SMILES string of the molecule is Cc1cccc(N)c1.N#CN. The van der Waals surface area contributed by atoms with Crippen molar-refractivity contribution in [3.05, 3.63) is 29.8 Å². The lowest BCUT2D eigenvalue weighted by Crippen LogP contribution is -1.82. The van der Waals surface area contributed by atoms with Crippen molar-refractivity contribution in [3.8, 4) is 6.19 Å². The van der Waals surface area contributed by atoms with Crippen LogP contribution >= 0.6 is 0 Å². The summed E-state index contributed by atoms with van der Waals surface area (Å²) in [5.74, 6) is 0. The van der Waals surface area contributed by atoms with Gasteiger partial charge < -0.3 is 11.5 Å². The lowest BCUT2D eigenvalue weighted by Gasteiger charge is -1.91. The van der Waals surface area contributed by atoms with Gasteiger partial charge >= 0.3 is 0 Å². The molecule has 4 N–H and O–H groups in total. The minimum absolute atomic E-state index is 0.838. The average molecular weight is 149 g/mol. The van der Waals surface area contributed by atoms with Gasteiger partial charge in [-0.25, -0.2) is 0 Å². The van der Waals surface area contributed by atoms with Crippen LogP contribution in [0.1, 0.15) is 5.56 Å². The van der Waals surface area contributed by atoms with E-state index >= 15 is 0 Å². The quantitative estimate of drug-likeness (QED) is 0.328. The van der Waals surface area contributed by atoms with E-state index in [1.54, 1.807) is 0 Å². The summed E-state index contributed by atoms with van der Waals surface area (Å²) < 4.78 is 0. The molecule has 1 aromatic carbocycles. The van der Waals surface area contributed by atoms with Crippen LogP contribution in [0.3, 0.4) is 0 Å². The lowest BCUT2D eigenvalue weighted by molar-refractivity contribution is 1.45. The third kappa shape index (κ3) is 4.79. The van der Waals surface area contributed by atoms with Gasteiger partial charge in [-0.2, -0.15) is 5.26 Å². The van der Waals surface area contributed by atoms with Crippen LogP contribution in [0.5, 0.6) is 0 Å². The predicted molar refractivity (Wildman–Crippen MR) is 45.4 cm³/mol. The van der Waals surface area contributed by atoms with Crippen LogP contribution in [-0.2, 0) is 0 Å². The van der Waals surface area contributed by atoms with Crippen LogP contribution in [0.15, 0.2) is 24.3 Å². The molecule has 3 heteroatoms. The van der Waals surface area contributed by atoms with E-state index in [9.17, 15) is 0 Å². The van der Waals surface area contributed by atoms with Gasteiger partial charge in [0.05, 0.1) is 0 Å². The molecule has 11 heavy (non-hydrogen) atoms. The van der Waals surface area contributed by atoms with E-state index in [2.05, 4.69) is 5.73 Å². The van der Waals surface area contributed by atoms with E-state index < -0.39 is 0 Å². The smallest absolute Gasteiger partial charge is 0.173 e. The summed E-state index contributed by atoms with van der Waals surface area (Å²) in [7, 11) is 0. The third-order valence-electron chi connectivity index (χ3n) is 1.04. The Morgan fingerprint density at radius 1 is 1.45 bits per heavy atom. The van der Waals surface area contributed by atoms with Gasteiger partial charge in [0.1, 0.15) is 0 Å². The minimum Gasteiger partial charge on any atom is -0.399 e. The highest BCUT2D eigenvalue weighted by molar-refractivity contribution is 5.39. The maximum absolute atomic E-state index is 7.10. The van der Waals surface area contributed by atoms with E-state index in [0.29, 0.717) is 0 Å². The summed E-state index contributed by atoms with van der Waals surface area (Å²) in [5.41, 5.74) is 11.7. The number of nitrogen functional groups attached to an aromatic ring is 1. The molecule has 0 amide bonds. The Balaban J connectivity index is 0.000000292. The number of anilines is 1. The Hall–Kier alpha value is -1.69. The van der Waals surface area contributed by atoms with Crippen molar-refractivity contribution in [1.82, 2.24) is 0 Å². The summed E-state index contributed by atoms with van der Waals surface area (Å²) in [6.45, 7) is 2.02. The Kier molecular flexibility index (Phi) is 4.34. The first kappa shape index (κ1) is 9.31. The fourth-order valence-electron chi connectivity index (χ4n) is 0.670. The summed E-state index contributed by atoms with van der Waals surface area (Å²) in [4.78, 5) is 0. The molecular weight excluding hydrogens is 138 g/mol. The molecule has 0 bridgehead atoms. The molecule has 0 fully saturated rings. The van der Waals surface area contributed by atoms with E-state index in [4.69, 9.17) is 11.0 Å². The summed E-state index contributed by atoms with van der Waals surface area (Å²) in [6, 6.07) is 7.80. The van der Waals surface area contributed by atoms with Gasteiger partial charge in [0.25, 0.3) is 0 Å². The normalized spacial score (nSPS) is 7.27. The van der Waals surface area contributed by atoms with Gasteiger partial charge in [0.2, 0.25) is 0 Å². The molecule has 0 unspecified atom stereocenters. The van der Waals surface area contributed by atoms with E-state index in [1.807, 2.05) is 31.2 Å². The summed E-state index contributed by atoms with van der Waals surface area (Å²) in [5, 5.41) is 7.10. The molecular formula is C8H11N3. The number of aryl methyl sites for hydroxylation is 1. The molecule has 0 aliphatic heterocycles. The molecule has 0 aliphatic carbocycles. The first-order valence-electron chi connectivity index (χ1n) is 3.12. The first-order valence-corrected chi connectivity index (χ1v) is 3.12. The van der Waals surface area contributed by atoms with Crippen molar-refractivity contribution < 1.29 is 0 Å². The number of hydrogen-bond acceptors (Lipinski definition) is 3. The van der Waals surface area contributed by atoms with Crippen molar-refractivity contribution in [3.63, 3.8) is 0 Å². The zero-order valence-electron chi connectivity index (χ0n) is 6.41. The number of nitriles is 1. The van der Waals surface area contributed by atoms with Crippen molar-refractivity contribution in [2.45, 2.75) is 6.92 Å². The molecule has 1 rings (SSSR count). The highest BCUT2D eigenvalue weighted by atomic mass is 14.5. The molecule has 0 saturated heterocycles. The molecule has 58 valence electrons. The summed E-state index contributed by atoms with van der Waals surface area (Å²) >= 11 is 0. The highest BCUT2D eigenvalue weighted by Gasteiger charge is 1.81. The predicted octanol–water partition coefficient (Wildman–Crippen LogP) is 1.00. The standard InChI is InChI=1S/C7H9N.CH2N2/c1-6-3-2-4-7(8)5-6;2-1-3/h2-5H,8H2,1H3;2H2. The van der Waals surface area contributed by atoms with Gasteiger partial charge in [-0.15, -0.1) is 0 Å². The number of nitrogens with two attached hydrogens (primary N) is 2. The Morgan fingerprint density at radius 3 is 2.27 bits per heavy atom. The van der Waals surface area contributed by atoms with Crippen molar-refractivity contribution in [2.75, 3.05) is 5.73 Å². The van der Waals surface area contributed by atoms with Crippen molar-refractivity contribution in [1.29, 1.82) is 5.26 Å². The van der Waals surface area contributed by atoms with Gasteiger partial charge in [-0.1, -0.05) is 12.1 Å². The monoisotopic (exact) mass is 149 g/mol. The molecule has 1 aromatic rings.